The highest BCUT2D eigenvalue weighted by Crippen LogP contribution is 2.29. The van der Waals surface area contributed by atoms with E-state index in [1.54, 1.807) is 12.1 Å². The molecule has 0 amide bonds. The van der Waals surface area contributed by atoms with Gasteiger partial charge < -0.3 is 19.5 Å². The van der Waals surface area contributed by atoms with E-state index in [4.69, 9.17) is 14.2 Å². The molecular weight excluding hydrogens is 264 g/mol. The molecule has 0 aromatic heterocycles. The van der Waals surface area contributed by atoms with Crippen LogP contribution in [0.2, 0.25) is 0 Å². The number of nitro groups is 1. The number of methoxy groups -OCH3 is 1. The molecule has 0 radical (unpaired) electrons. The quantitative estimate of drug-likeness (QED) is 0.658. The Kier molecular flexibility index (Phi) is 4.10. The summed E-state index contributed by atoms with van der Waals surface area (Å²) in [5, 5.41) is 14.0. The molecule has 20 heavy (non-hydrogen) atoms. The molecule has 0 spiro atoms. The van der Waals surface area contributed by atoms with E-state index >= 15 is 0 Å². The first-order valence-electron chi connectivity index (χ1n) is 6.29. The maximum absolute atomic E-state index is 11.0. The van der Waals surface area contributed by atoms with Gasteiger partial charge in [0.2, 0.25) is 0 Å². The summed E-state index contributed by atoms with van der Waals surface area (Å²) in [5.74, 6) is -0.0471. The Labute approximate surface area is 117 Å². The summed E-state index contributed by atoms with van der Waals surface area (Å²) >= 11 is 0. The fourth-order valence-corrected chi connectivity index (χ4v) is 2.03. The Bertz CT molecular complexity index is 504. The molecule has 1 aromatic rings. The third-order valence-corrected chi connectivity index (χ3v) is 2.99. The standard InChI is InChI=1S/C13H18N2O5/c1-13(2)19-8-10(20-13)7-14-11-6-9(18-3)4-5-12(11)15(16)17/h4-6,10,14H,7-8H2,1-3H3. The minimum Gasteiger partial charge on any atom is -0.497 e. The van der Waals surface area contributed by atoms with Crippen LogP contribution >= 0.6 is 0 Å². The van der Waals surface area contributed by atoms with Crippen LogP contribution in [0.1, 0.15) is 13.8 Å². The van der Waals surface area contributed by atoms with E-state index in [2.05, 4.69) is 5.32 Å². The molecule has 1 N–H and O–H groups in total. The highest BCUT2D eigenvalue weighted by atomic mass is 16.7. The zero-order chi connectivity index (χ0) is 14.8. The topological polar surface area (TPSA) is 82.9 Å². The van der Waals surface area contributed by atoms with Crippen LogP contribution in [-0.4, -0.2) is 37.1 Å². The molecule has 0 saturated carbocycles. The third kappa shape index (κ3) is 3.37. The molecule has 2 rings (SSSR count). The van der Waals surface area contributed by atoms with E-state index in [1.807, 2.05) is 13.8 Å². The number of nitrogens with zero attached hydrogens (tertiary/aromatic N) is 1. The van der Waals surface area contributed by atoms with Gasteiger partial charge in [-0.05, 0) is 19.9 Å². The van der Waals surface area contributed by atoms with Gasteiger partial charge in [-0.1, -0.05) is 0 Å². The Morgan fingerprint density at radius 2 is 2.30 bits per heavy atom. The molecule has 7 nitrogen and oxygen atoms in total. The number of nitrogens with one attached hydrogen (secondary N) is 1. The summed E-state index contributed by atoms with van der Waals surface area (Å²) in [7, 11) is 1.52. The van der Waals surface area contributed by atoms with Gasteiger partial charge >= 0.3 is 0 Å². The van der Waals surface area contributed by atoms with Gasteiger partial charge in [-0.15, -0.1) is 0 Å². The number of hydrogen-bond acceptors (Lipinski definition) is 6. The van der Waals surface area contributed by atoms with Gasteiger partial charge in [-0.3, -0.25) is 10.1 Å². The van der Waals surface area contributed by atoms with Crippen molar-refractivity contribution in [1.29, 1.82) is 0 Å². The molecule has 0 aliphatic carbocycles. The Balaban J connectivity index is 2.06. The van der Waals surface area contributed by atoms with Crippen LogP contribution in [0.5, 0.6) is 5.75 Å². The molecule has 1 saturated heterocycles. The Morgan fingerprint density at radius 1 is 1.55 bits per heavy atom. The maximum atomic E-state index is 11.0. The van der Waals surface area contributed by atoms with Gasteiger partial charge in [-0.2, -0.15) is 0 Å². The first-order valence-corrected chi connectivity index (χ1v) is 6.29. The molecule has 1 atom stereocenters. The number of benzene rings is 1. The van der Waals surface area contributed by atoms with Crippen LogP contribution in [0.4, 0.5) is 11.4 Å². The van der Waals surface area contributed by atoms with Gasteiger partial charge in [0.25, 0.3) is 5.69 Å². The van der Waals surface area contributed by atoms with Gasteiger partial charge in [0.1, 0.15) is 17.5 Å². The zero-order valence-corrected chi connectivity index (χ0v) is 11.7. The first kappa shape index (κ1) is 14.5. The van der Waals surface area contributed by atoms with Crippen molar-refractivity contribution in [3.63, 3.8) is 0 Å². The molecule has 1 aromatic carbocycles. The van der Waals surface area contributed by atoms with Crippen LogP contribution in [0.15, 0.2) is 18.2 Å². The van der Waals surface area contributed by atoms with Crippen molar-refractivity contribution < 1.29 is 19.1 Å². The molecule has 0 bridgehead atoms. The van der Waals surface area contributed by atoms with Crippen molar-refractivity contribution in [2.24, 2.45) is 0 Å². The number of rotatable bonds is 5. The summed E-state index contributed by atoms with van der Waals surface area (Å²) in [6.45, 7) is 4.55. The van der Waals surface area contributed by atoms with Crippen molar-refractivity contribution in [2.45, 2.75) is 25.7 Å². The van der Waals surface area contributed by atoms with Crippen LogP contribution < -0.4 is 10.1 Å². The second kappa shape index (κ2) is 5.64. The van der Waals surface area contributed by atoms with E-state index in [-0.39, 0.29) is 11.8 Å². The lowest BCUT2D eigenvalue weighted by atomic mass is 10.2. The van der Waals surface area contributed by atoms with Gasteiger partial charge in [0.05, 0.1) is 18.6 Å². The molecule has 7 heteroatoms. The molecule has 1 fully saturated rings. The Hall–Kier alpha value is -1.86. The smallest absolute Gasteiger partial charge is 0.292 e. The number of nitro benzene ring substituents is 1. The first-order chi connectivity index (χ1) is 9.41. The van der Waals surface area contributed by atoms with Crippen LogP contribution in [0.25, 0.3) is 0 Å². The van der Waals surface area contributed by atoms with Crippen LogP contribution in [0.3, 0.4) is 0 Å². The summed E-state index contributed by atoms with van der Waals surface area (Å²) < 4.78 is 16.2. The van der Waals surface area contributed by atoms with E-state index in [1.165, 1.54) is 13.2 Å². The van der Waals surface area contributed by atoms with Gasteiger partial charge in [0.15, 0.2) is 5.79 Å². The lowest BCUT2D eigenvalue weighted by Crippen LogP contribution is -2.26. The number of hydrogen-bond donors (Lipinski definition) is 1. The van der Waals surface area contributed by atoms with Crippen molar-refractivity contribution in [3.05, 3.63) is 28.3 Å². The lowest BCUT2D eigenvalue weighted by Gasteiger charge is -2.17. The van der Waals surface area contributed by atoms with E-state index in [0.29, 0.717) is 24.6 Å². The molecule has 1 heterocycles. The van der Waals surface area contributed by atoms with E-state index in [9.17, 15) is 10.1 Å². The fraction of sp³-hybridized carbons (Fsp3) is 0.538. The Morgan fingerprint density at radius 3 is 2.85 bits per heavy atom. The maximum Gasteiger partial charge on any atom is 0.292 e. The number of ether oxygens (including phenoxy) is 3. The highest BCUT2D eigenvalue weighted by Gasteiger charge is 2.32. The third-order valence-electron chi connectivity index (χ3n) is 2.99. The van der Waals surface area contributed by atoms with Crippen molar-refractivity contribution in [1.82, 2.24) is 0 Å². The minimum atomic E-state index is -0.605. The predicted molar refractivity (Wildman–Crippen MR) is 73.0 cm³/mol. The molecule has 110 valence electrons. The summed E-state index contributed by atoms with van der Waals surface area (Å²) in [4.78, 5) is 10.6. The monoisotopic (exact) mass is 282 g/mol. The molecule has 1 aliphatic heterocycles. The summed E-state index contributed by atoms with van der Waals surface area (Å²) in [6.07, 6.45) is -0.143. The average Bonchev–Trinajstić information content (AvgIpc) is 2.75. The second-order valence-corrected chi connectivity index (χ2v) is 4.97. The second-order valence-electron chi connectivity index (χ2n) is 4.97. The van der Waals surface area contributed by atoms with Crippen molar-refractivity contribution >= 4 is 11.4 Å². The zero-order valence-electron chi connectivity index (χ0n) is 11.7. The average molecular weight is 282 g/mol. The van der Waals surface area contributed by atoms with Crippen LogP contribution in [0, 0.1) is 10.1 Å². The molecule has 1 unspecified atom stereocenters. The summed E-state index contributed by atoms with van der Waals surface area (Å²) in [6, 6.07) is 4.57. The predicted octanol–water partition coefficient (Wildman–Crippen LogP) is 2.17. The SMILES string of the molecule is COc1ccc([N+](=O)[O-])c(NCC2COC(C)(C)O2)c1. The normalized spacial score (nSPS) is 20.6. The minimum absolute atomic E-state index is 0.00368. The van der Waals surface area contributed by atoms with Gasteiger partial charge in [-0.25, -0.2) is 0 Å². The van der Waals surface area contributed by atoms with E-state index < -0.39 is 10.7 Å². The largest absolute Gasteiger partial charge is 0.497 e. The van der Waals surface area contributed by atoms with E-state index in [0.717, 1.165) is 0 Å². The van der Waals surface area contributed by atoms with Crippen molar-refractivity contribution in [2.75, 3.05) is 25.6 Å². The highest BCUT2D eigenvalue weighted by molar-refractivity contribution is 5.64. The van der Waals surface area contributed by atoms with Gasteiger partial charge in [0, 0.05) is 18.7 Å². The molecular formula is C13H18N2O5. The fourth-order valence-electron chi connectivity index (χ4n) is 2.03. The van der Waals surface area contributed by atoms with Crippen LogP contribution in [-0.2, 0) is 9.47 Å². The lowest BCUT2D eigenvalue weighted by molar-refractivity contribution is -0.384. The molecule has 1 aliphatic rings. The summed E-state index contributed by atoms with van der Waals surface area (Å²) in [5.41, 5.74) is 0.409. The van der Waals surface area contributed by atoms with Crippen molar-refractivity contribution in [3.8, 4) is 5.75 Å². The number of anilines is 1.